The van der Waals surface area contributed by atoms with Gasteiger partial charge in [0.1, 0.15) is 18.5 Å². The number of carboxylic acid groups (broad SMARTS) is 1. The second-order valence-corrected chi connectivity index (χ2v) is 4.42. The Morgan fingerprint density at radius 1 is 1.05 bits per heavy atom. The molecule has 4 heteroatoms. The van der Waals surface area contributed by atoms with E-state index < -0.39 is 12.1 Å². The van der Waals surface area contributed by atoms with Crippen molar-refractivity contribution in [2.45, 2.75) is 12.5 Å². The van der Waals surface area contributed by atoms with Crippen LogP contribution >= 0.6 is 0 Å². The van der Waals surface area contributed by atoms with E-state index in [1.807, 2.05) is 30.3 Å². The number of hydrogen-bond acceptors (Lipinski definition) is 3. The third-order valence-electron chi connectivity index (χ3n) is 2.90. The highest BCUT2D eigenvalue weighted by Gasteiger charge is 2.11. The number of para-hydroxylation sites is 1. The molecule has 0 radical (unpaired) electrons. The first-order valence-corrected chi connectivity index (χ1v) is 6.32. The van der Waals surface area contributed by atoms with Crippen LogP contribution in [0.2, 0.25) is 0 Å². The van der Waals surface area contributed by atoms with Crippen molar-refractivity contribution in [1.82, 2.24) is 0 Å². The molecule has 0 fully saturated rings. The maximum atomic E-state index is 10.8. The molecular weight excluding hydrogens is 256 g/mol. The smallest absolute Gasteiger partial charge is 0.307 e. The van der Waals surface area contributed by atoms with Crippen molar-refractivity contribution in [2.24, 2.45) is 0 Å². The maximum Gasteiger partial charge on any atom is 0.307 e. The largest absolute Gasteiger partial charge is 0.490 e. The van der Waals surface area contributed by atoms with Crippen molar-refractivity contribution in [2.75, 3.05) is 6.61 Å². The molecule has 0 saturated carbocycles. The minimum Gasteiger partial charge on any atom is -0.490 e. The molecule has 2 rings (SSSR count). The summed E-state index contributed by atoms with van der Waals surface area (Å²) in [6.07, 6.45) is -0.841. The highest BCUT2D eigenvalue weighted by Crippen LogP contribution is 2.21. The molecule has 2 aromatic rings. The van der Waals surface area contributed by atoms with Gasteiger partial charge in [-0.1, -0.05) is 48.5 Å². The van der Waals surface area contributed by atoms with E-state index in [4.69, 9.17) is 9.84 Å². The molecular formula is C16H16O4. The Morgan fingerprint density at radius 2 is 1.70 bits per heavy atom. The summed E-state index contributed by atoms with van der Waals surface area (Å²) in [7, 11) is 0. The molecule has 4 nitrogen and oxygen atoms in total. The SMILES string of the molecule is O=C(O)Cc1ccccc1OCC(O)c1ccccc1. The van der Waals surface area contributed by atoms with Gasteiger partial charge in [0.15, 0.2) is 0 Å². The lowest BCUT2D eigenvalue weighted by atomic mass is 10.1. The second-order valence-electron chi connectivity index (χ2n) is 4.42. The number of rotatable bonds is 6. The second kappa shape index (κ2) is 6.73. The zero-order chi connectivity index (χ0) is 14.4. The van der Waals surface area contributed by atoms with Crippen LogP contribution in [-0.2, 0) is 11.2 Å². The van der Waals surface area contributed by atoms with Gasteiger partial charge in [0.05, 0.1) is 6.42 Å². The number of hydrogen-bond donors (Lipinski definition) is 2. The van der Waals surface area contributed by atoms with Crippen LogP contribution in [-0.4, -0.2) is 22.8 Å². The lowest BCUT2D eigenvalue weighted by molar-refractivity contribution is -0.136. The Hall–Kier alpha value is -2.33. The van der Waals surface area contributed by atoms with E-state index in [1.165, 1.54) is 0 Å². The molecule has 0 aromatic heterocycles. The summed E-state index contributed by atoms with van der Waals surface area (Å²) < 4.78 is 5.54. The highest BCUT2D eigenvalue weighted by molar-refractivity contribution is 5.71. The lowest BCUT2D eigenvalue weighted by Gasteiger charge is -2.14. The third kappa shape index (κ3) is 3.83. The molecule has 0 spiro atoms. The van der Waals surface area contributed by atoms with Crippen LogP contribution in [0.4, 0.5) is 0 Å². The van der Waals surface area contributed by atoms with Crippen molar-refractivity contribution in [3.05, 3.63) is 65.7 Å². The number of aliphatic hydroxyl groups is 1. The number of carboxylic acids is 1. The number of aliphatic carboxylic acids is 1. The quantitative estimate of drug-likeness (QED) is 0.847. The van der Waals surface area contributed by atoms with E-state index in [1.54, 1.807) is 24.3 Å². The van der Waals surface area contributed by atoms with Crippen molar-refractivity contribution in [3.8, 4) is 5.75 Å². The molecule has 20 heavy (non-hydrogen) atoms. The molecule has 0 amide bonds. The minimum atomic E-state index is -0.912. The summed E-state index contributed by atoms with van der Waals surface area (Å²) in [5.41, 5.74) is 1.36. The molecule has 1 unspecified atom stereocenters. The normalized spacial score (nSPS) is 11.8. The van der Waals surface area contributed by atoms with Crippen LogP contribution in [0.3, 0.4) is 0 Å². The van der Waals surface area contributed by atoms with Crippen LogP contribution in [0.1, 0.15) is 17.2 Å². The summed E-state index contributed by atoms with van der Waals surface area (Å²) in [5, 5.41) is 18.9. The van der Waals surface area contributed by atoms with E-state index in [9.17, 15) is 9.90 Å². The Labute approximate surface area is 117 Å². The average Bonchev–Trinajstić information content (AvgIpc) is 2.46. The first-order valence-electron chi connectivity index (χ1n) is 6.32. The fraction of sp³-hybridized carbons (Fsp3) is 0.188. The molecule has 0 bridgehead atoms. The zero-order valence-corrected chi connectivity index (χ0v) is 10.9. The Bertz CT molecular complexity index is 566. The van der Waals surface area contributed by atoms with Gasteiger partial charge in [-0.05, 0) is 11.6 Å². The Balaban J connectivity index is 2.02. The Morgan fingerprint density at radius 3 is 2.40 bits per heavy atom. The van der Waals surface area contributed by atoms with Crippen molar-refractivity contribution < 1.29 is 19.7 Å². The van der Waals surface area contributed by atoms with E-state index >= 15 is 0 Å². The standard InChI is InChI=1S/C16H16O4/c17-14(12-6-2-1-3-7-12)11-20-15-9-5-4-8-13(15)10-16(18)19/h1-9,14,17H,10-11H2,(H,18,19). The van der Waals surface area contributed by atoms with E-state index in [0.717, 1.165) is 5.56 Å². The van der Waals surface area contributed by atoms with E-state index in [2.05, 4.69) is 0 Å². The zero-order valence-electron chi connectivity index (χ0n) is 10.9. The van der Waals surface area contributed by atoms with E-state index in [0.29, 0.717) is 11.3 Å². The highest BCUT2D eigenvalue weighted by atomic mass is 16.5. The van der Waals surface area contributed by atoms with Crippen LogP contribution < -0.4 is 4.74 Å². The van der Waals surface area contributed by atoms with Gasteiger partial charge in [-0.3, -0.25) is 4.79 Å². The molecule has 1 atom stereocenters. The van der Waals surface area contributed by atoms with Crippen molar-refractivity contribution in [1.29, 1.82) is 0 Å². The number of benzene rings is 2. The summed E-state index contributed by atoms with van der Waals surface area (Å²) in [5.74, 6) is -0.422. The molecule has 2 aromatic carbocycles. The van der Waals surface area contributed by atoms with Gasteiger partial charge in [0, 0.05) is 5.56 Å². The fourth-order valence-corrected chi connectivity index (χ4v) is 1.89. The summed E-state index contributed by atoms with van der Waals surface area (Å²) in [6, 6.07) is 16.1. The average molecular weight is 272 g/mol. The van der Waals surface area contributed by atoms with Crippen LogP contribution in [0.25, 0.3) is 0 Å². The number of ether oxygens (including phenoxy) is 1. The number of aliphatic hydroxyl groups excluding tert-OH is 1. The molecule has 0 saturated heterocycles. The van der Waals surface area contributed by atoms with E-state index in [-0.39, 0.29) is 13.0 Å². The fourth-order valence-electron chi connectivity index (χ4n) is 1.89. The Kier molecular flexibility index (Phi) is 4.74. The van der Waals surface area contributed by atoms with Gasteiger partial charge in [-0.15, -0.1) is 0 Å². The minimum absolute atomic E-state index is 0.0840. The molecule has 0 aliphatic rings. The monoisotopic (exact) mass is 272 g/mol. The predicted octanol–water partition coefficient (Wildman–Crippen LogP) is 2.43. The van der Waals surface area contributed by atoms with Crippen molar-refractivity contribution >= 4 is 5.97 Å². The van der Waals surface area contributed by atoms with Crippen LogP contribution in [0.5, 0.6) is 5.75 Å². The van der Waals surface area contributed by atoms with Crippen LogP contribution in [0.15, 0.2) is 54.6 Å². The molecule has 0 aliphatic heterocycles. The molecule has 2 N–H and O–H groups in total. The molecule has 0 aliphatic carbocycles. The molecule has 0 heterocycles. The van der Waals surface area contributed by atoms with Gasteiger partial charge in [0.2, 0.25) is 0 Å². The first-order chi connectivity index (χ1) is 9.66. The van der Waals surface area contributed by atoms with Gasteiger partial charge in [-0.2, -0.15) is 0 Å². The first kappa shape index (κ1) is 14.1. The topological polar surface area (TPSA) is 66.8 Å². The predicted molar refractivity (Wildman–Crippen MR) is 74.7 cm³/mol. The van der Waals surface area contributed by atoms with Crippen LogP contribution in [0, 0.1) is 0 Å². The summed E-state index contributed by atoms with van der Waals surface area (Å²) in [6.45, 7) is 0.0840. The summed E-state index contributed by atoms with van der Waals surface area (Å²) in [4.78, 5) is 10.8. The maximum absolute atomic E-state index is 10.8. The van der Waals surface area contributed by atoms with Crippen molar-refractivity contribution in [3.63, 3.8) is 0 Å². The van der Waals surface area contributed by atoms with Gasteiger partial charge >= 0.3 is 5.97 Å². The van der Waals surface area contributed by atoms with Gasteiger partial charge < -0.3 is 14.9 Å². The van der Waals surface area contributed by atoms with Gasteiger partial charge in [-0.25, -0.2) is 0 Å². The van der Waals surface area contributed by atoms with Gasteiger partial charge in [0.25, 0.3) is 0 Å². The summed E-state index contributed by atoms with van der Waals surface area (Å²) >= 11 is 0. The lowest BCUT2D eigenvalue weighted by Crippen LogP contribution is -2.11. The third-order valence-corrected chi connectivity index (χ3v) is 2.90. The number of carbonyl (C=O) groups is 1. The molecule has 104 valence electrons.